The maximum atomic E-state index is 13.5. The van der Waals surface area contributed by atoms with Crippen molar-refractivity contribution in [3.63, 3.8) is 0 Å². The summed E-state index contributed by atoms with van der Waals surface area (Å²) in [5.41, 5.74) is -1.71. The number of benzene rings is 1. The number of rotatable bonds is 9. The number of carbonyl (C=O) groups is 1. The molecule has 0 saturated carbocycles. The second kappa shape index (κ2) is 11.4. The van der Waals surface area contributed by atoms with Crippen molar-refractivity contribution in [1.29, 1.82) is 0 Å². The third-order valence-corrected chi connectivity index (χ3v) is 9.53. The van der Waals surface area contributed by atoms with Gasteiger partial charge in [0.05, 0.1) is 40.0 Å². The molecule has 2 N–H and O–H groups in total. The first-order valence-electron chi connectivity index (χ1n) is 13.0. The minimum absolute atomic E-state index is 0.00185. The van der Waals surface area contributed by atoms with Crippen LogP contribution in [0.2, 0.25) is 0 Å². The Bertz CT molecular complexity index is 1530. The molecule has 0 aliphatic carbocycles. The Balaban J connectivity index is 1.47. The number of nitrogens with zero attached hydrogens (tertiary/aromatic N) is 4. The molecule has 0 unspecified atom stereocenters. The number of halogens is 3. The molecule has 1 atom stereocenters. The molecule has 0 bridgehead atoms. The van der Waals surface area contributed by atoms with Crippen LogP contribution >= 0.6 is 11.3 Å². The lowest BCUT2D eigenvalue weighted by atomic mass is 9.98. The number of anilines is 1. The highest BCUT2D eigenvalue weighted by Crippen LogP contribution is 2.42. The number of thiazole rings is 1. The molecule has 1 aliphatic heterocycles. The molecule has 41 heavy (non-hydrogen) atoms. The van der Waals surface area contributed by atoms with Gasteiger partial charge < -0.3 is 10.4 Å². The van der Waals surface area contributed by atoms with E-state index in [9.17, 15) is 31.5 Å². The van der Waals surface area contributed by atoms with Gasteiger partial charge in [0.1, 0.15) is 12.9 Å². The highest BCUT2D eigenvalue weighted by atomic mass is 32.2. The first-order valence-corrected chi connectivity index (χ1v) is 15.5. The molecule has 14 heteroatoms. The fourth-order valence-electron chi connectivity index (χ4n) is 4.85. The summed E-state index contributed by atoms with van der Waals surface area (Å²) in [5, 5.41) is 13.7. The van der Waals surface area contributed by atoms with Gasteiger partial charge in [-0.25, -0.2) is 18.0 Å². The van der Waals surface area contributed by atoms with Crippen molar-refractivity contribution in [3.8, 4) is 0 Å². The lowest BCUT2D eigenvalue weighted by Gasteiger charge is -2.26. The predicted molar refractivity (Wildman–Crippen MR) is 146 cm³/mol. The molecule has 2 aromatic heterocycles. The Morgan fingerprint density at radius 1 is 1.24 bits per heavy atom. The van der Waals surface area contributed by atoms with Crippen LogP contribution in [0.15, 0.2) is 41.7 Å². The van der Waals surface area contributed by atoms with E-state index in [-0.39, 0.29) is 47.2 Å². The van der Waals surface area contributed by atoms with Crippen molar-refractivity contribution in [2.75, 3.05) is 11.1 Å². The Kier molecular flexibility index (Phi) is 8.61. The van der Waals surface area contributed by atoms with E-state index >= 15 is 0 Å². The van der Waals surface area contributed by atoms with Crippen LogP contribution in [0.1, 0.15) is 68.1 Å². The third kappa shape index (κ3) is 6.93. The van der Waals surface area contributed by atoms with Crippen molar-refractivity contribution < 1.29 is 36.1 Å². The summed E-state index contributed by atoms with van der Waals surface area (Å²) < 4.78 is 66.0. The number of fused-ring (bicyclic) bond motifs is 1. The fourth-order valence-corrected chi connectivity index (χ4v) is 6.77. The van der Waals surface area contributed by atoms with Crippen molar-refractivity contribution in [2.24, 2.45) is 5.92 Å². The summed E-state index contributed by atoms with van der Waals surface area (Å²) in [5.74, 6) is -0.179. The van der Waals surface area contributed by atoms with E-state index in [0.717, 1.165) is 16.9 Å². The zero-order chi connectivity index (χ0) is 30.3. The van der Waals surface area contributed by atoms with Crippen LogP contribution in [0.25, 0.3) is 0 Å². The van der Waals surface area contributed by atoms with Gasteiger partial charge in [0, 0.05) is 11.4 Å². The van der Waals surface area contributed by atoms with Gasteiger partial charge in [0.25, 0.3) is 12.0 Å². The Hall–Kier alpha value is -2.94. The van der Waals surface area contributed by atoms with E-state index in [1.54, 1.807) is 19.1 Å². The minimum atomic E-state index is -4.70. The van der Waals surface area contributed by atoms with Crippen molar-refractivity contribution >= 4 is 32.2 Å². The molecular formula is C27H33F3N5O4S2+. The molecule has 0 radical (unpaired) electrons. The van der Waals surface area contributed by atoms with Crippen LogP contribution in [-0.4, -0.2) is 40.1 Å². The molecule has 3 aromatic rings. The number of hydrogen-bond donors (Lipinski definition) is 2. The number of hydrogen-bond acceptors (Lipinski definition) is 8. The number of carbonyl (C=O) groups excluding carboxylic acids is 1. The van der Waals surface area contributed by atoms with Gasteiger partial charge in [-0.2, -0.15) is 13.2 Å². The maximum Gasteiger partial charge on any atom is 0.458 e. The van der Waals surface area contributed by atoms with Crippen molar-refractivity contribution in [3.05, 3.63) is 64.2 Å². The molecular weight excluding hydrogens is 579 g/mol. The summed E-state index contributed by atoms with van der Waals surface area (Å²) in [4.78, 5) is 24.2. The monoisotopic (exact) mass is 612 g/mol. The van der Waals surface area contributed by atoms with E-state index in [1.165, 1.54) is 48.1 Å². The highest BCUT2D eigenvalue weighted by molar-refractivity contribution is 7.91. The summed E-state index contributed by atoms with van der Waals surface area (Å²) in [6.07, 6.45) is -2.25. The van der Waals surface area contributed by atoms with E-state index < -0.39 is 27.3 Å². The van der Waals surface area contributed by atoms with Gasteiger partial charge in [-0.1, -0.05) is 32.9 Å². The summed E-state index contributed by atoms with van der Waals surface area (Å²) >= 11 is 1.34. The first kappa shape index (κ1) is 31.0. The van der Waals surface area contributed by atoms with Gasteiger partial charge in [0.2, 0.25) is 5.91 Å². The zero-order valence-electron chi connectivity index (χ0n) is 23.4. The lowest BCUT2D eigenvalue weighted by Crippen LogP contribution is -2.46. The number of amides is 1. The fraction of sp³-hybridized carbons (Fsp3) is 0.481. The summed E-state index contributed by atoms with van der Waals surface area (Å²) in [6, 6.07) is 6.08. The SMILES string of the molecule is CCS(=O)(=O)c1ccc(CC(=O)Nc2nc3c(s2)CN(C[n+]2cnc(C(F)(F)F)c(C(C)(C)O)c2)[C@H]3C(C)C)cc1. The number of sulfone groups is 1. The smallest absolute Gasteiger partial charge is 0.385 e. The Labute approximate surface area is 241 Å². The van der Waals surface area contributed by atoms with Crippen LogP contribution in [0.5, 0.6) is 0 Å². The number of alkyl halides is 3. The Morgan fingerprint density at radius 3 is 2.46 bits per heavy atom. The van der Waals surface area contributed by atoms with E-state index in [1.807, 2.05) is 13.8 Å². The van der Waals surface area contributed by atoms with Crippen LogP contribution in [0.3, 0.4) is 0 Å². The lowest BCUT2D eigenvalue weighted by molar-refractivity contribution is -0.721. The summed E-state index contributed by atoms with van der Waals surface area (Å²) in [6.45, 7) is 8.90. The molecule has 0 fully saturated rings. The van der Waals surface area contributed by atoms with Crippen LogP contribution in [-0.2, 0) is 46.0 Å². The van der Waals surface area contributed by atoms with Crippen LogP contribution < -0.4 is 9.88 Å². The molecule has 0 saturated heterocycles. The molecule has 9 nitrogen and oxygen atoms in total. The average molecular weight is 613 g/mol. The minimum Gasteiger partial charge on any atom is -0.385 e. The van der Waals surface area contributed by atoms with Gasteiger partial charge in [-0.05, 0) is 42.4 Å². The molecule has 222 valence electrons. The molecule has 1 aromatic carbocycles. The first-order chi connectivity index (χ1) is 19.0. The van der Waals surface area contributed by atoms with Gasteiger partial charge in [0.15, 0.2) is 15.0 Å². The number of aromatic nitrogens is 3. The van der Waals surface area contributed by atoms with E-state index in [0.29, 0.717) is 17.2 Å². The number of nitrogens with one attached hydrogen (secondary N) is 1. The second-order valence-corrected chi connectivity index (χ2v) is 14.2. The van der Waals surface area contributed by atoms with Gasteiger partial charge >= 0.3 is 6.18 Å². The molecule has 4 rings (SSSR count). The van der Waals surface area contributed by atoms with Crippen LogP contribution in [0.4, 0.5) is 18.3 Å². The largest absolute Gasteiger partial charge is 0.458 e. The number of aliphatic hydroxyl groups is 1. The van der Waals surface area contributed by atoms with Crippen LogP contribution in [0, 0.1) is 5.92 Å². The van der Waals surface area contributed by atoms with Crippen molar-refractivity contribution in [1.82, 2.24) is 14.9 Å². The van der Waals surface area contributed by atoms with Crippen molar-refractivity contribution in [2.45, 2.75) is 77.0 Å². The zero-order valence-corrected chi connectivity index (χ0v) is 25.0. The predicted octanol–water partition coefficient (Wildman–Crippen LogP) is 4.22. The molecule has 3 heterocycles. The maximum absolute atomic E-state index is 13.5. The molecule has 1 amide bonds. The standard InChI is InChI=1S/C27H32F3N5O4S2/c1-6-41(38,39)18-9-7-17(8-10-18)11-21(36)32-25-33-22-20(40-25)13-35(23(22)16(2)3)15-34-12-19(26(4,5)37)24(31-14-34)27(28,29)30/h7-10,12,14,16,23,37H,6,11,13,15H2,1-5H3/p+1/t23-/m0/s1. The molecule has 0 spiro atoms. The average Bonchev–Trinajstić information content (AvgIpc) is 3.39. The highest BCUT2D eigenvalue weighted by Gasteiger charge is 2.44. The van der Waals surface area contributed by atoms with E-state index in [2.05, 4.69) is 20.2 Å². The second-order valence-electron chi connectivity index (χ2n) is 10.9. The quantitative estimate of drug-likeness (QED) is 0.348. The topological polar surface area (TPSA) is 116 Å². The molecule has 1 aliphatic rings. The van der Waals surface area contributed by atoms with Gasteiger partial charge in [-0.15, -0.1) is 11.3 Å². The summed E-state index contributed by atoms with van der Waals surface area (Å²) in [7, 11) is -3.32. The third-order valence-electron chi connectivity index (χ3n) is 6.81. The van der Waals surface area contributed by atoms with E-state index in [4.69, 9.17) is 0 Å². The normalized spacial score (nSPS) is 16.3. The Morgan fingerprint density at radius 2 is 1.90 bits per heavy atom. The van der Waals surface area contributed by atoms with Gasteiger partial charge in [-0.3, -0.25) is 9.69 Å².